The quantitative estimate of drug-likeness (QED) is 0.316. The number of ether oxygens (including phenoxy) is 2. The van der Waals surface area contributed by atoms with E-state index in [9.17, 15) is 9.59 Å². The number of thiazole rings is 1. The van der Waals surface area contributed by atoms with Crippen LogP contribution in [0.25, 0.3) is 17.4 Å². The number of halogens is 1. The van der Waals surface area contributed by atoms with E-state index >= 15 is 0 Å². The van der Waals surface area contributed by atoms with E-state index < -0.39 is 12.0 Å². The molecule has 0 bridgehead atoms. The summed E-state index contributed by atoms with van der Waals surface area (Å²) in [5.41, 5.74) is 3.15. The number of allylic oxidation sites excluding steroid dienone is 1. The Kier molecular flexibility index (Phi) is 7.10. The summed E-state index contributed by atoms with van der Waals surface area (Å²) in [6, 6.07) is 15.8. The van der Waals surface area contributed by atoms with Gasteiger partial charge in [0, 0.05) is 16.7 Å². The van der Waals surface area contributed by atoms with Crippen molar-refractivity contribution in [2.45, 2.75) is 26.8 Å². The van der Waals surface area contributed by atoms with Gasteiger partial charge in [0.05, 0.1) is 35.6 Å². The molecule has 0 radical (unpaired) electrons. The van der Waals surface area contributed by atoms with Crippen molar-refractivity contribution in [1.29, 1.82) is 0 Å². The predicted molar refractivity (Wildman–Crippen MR) is 147 cm³/mol. The molecule has 4 aromatic rings. The number of esters is 1. The van der Waals surface area contributed by atoms with E-state index in [2.05, 4.69) is 4.99 Å². The van der Waals surface area contributed by atoms with Gasteiger partial charge in [0.15, 0.2) is 4.80 Å². The van der Waals surface area contributed by atoms with Crippen LogP contribution in [0.4, 0.5) is 0 Å². The van der Waals surface area contributed by atoms with Crippen molar-refractivity contribution in [2.75, 3.05) is 13.7 Å². The fraction of sp³-hybridized carbons (Fsp3) is 0.207. The van der Waals surface area contributed by atoms with Gasteiger partial charge in [-0.05, 0) is 68.3 Å². The zero-order valence-electron chi connectivity index (χ0n) is 21.3. The average molecular weight is 549 g/mol. The smallest absolute Gasteiger partial charge is 0.338 e. The lowest BCUT2D eigenvalue weighted by Gasteiger charge is -2.24. The van der Waals surface area contributed by atoms with Gasteiger partial charge in [-0.1, -0.05) is 41.1 Å². The highest BCUT2D eigenvalue weighted by Gasteiger charge is 2.33. The monoisotopic (exact) mass is 548 g/mol. The number of carbonyl (C=O) groups is 1. The van der Waals surface area contributed by atoms with Crippen molar-refractivity contribution in [2.24, 2.45) is 4.99 Å². The Hall–Kier alpha value is -3.88. The van der Waals surface area contributed by atoms with Gasteiger partial charge in [0.2, 0.25) is 0 Å². The second-order valence-corrected chi connectivity index (χ2v) is 10.2. The third-order valence-electron chi connectivity index (χ3n) is 6.29. The van der Waals surface area contributed by atoms with Gasteiger partial charge in [0.1, 0.15) is 17.3 Å². The fourth-order valence-electron chi connectivity index (χ4n) is 4.48. The Bertz CT molecular complexity index is 1760. The molecule has 0 aliphatic carbocycles. The van der Waals surface area contributed by atoms with Crippen LogP contribution in [0.2, 0.25) is 5.02 Å². The molecule has 1 aliphatic rings. The maximum Gasteiger partial charge on any atom is 0.338 e. The van der Waals surface area contributed by atoms with Gasteiger partial charge >= 0.3 is 5.97 Å². The molecule has 1 atom stereocenters. The fourth-order valence-corrected chi connectivity index (χ4v) is 5.68. The number of hydrogen-bond donors (Lipinski definition) is 0. The number of nitrogens with zero attached hydrogens (tertiary/aromatic N) is 2. The maximum atomic E-state index is 13.8. The van der Waals surface area contributed by atoms with Crippen LogP contribution in [0, 0.1) is 6.92 Å². The van der Waals surface area contributed by atoms with Crippen molar-refractivity contribution in [3.05, 3.63) is 107 Å². The average Bonchev–Trinajstić information content (AvgIpc) is 3.49. The predicted octanol–water partition coefficient (Wildman–Crippen LogP) is 5.03. The van der Waals surface area contributed by atoms with Crippen LogP contribution in [0.15, 0.2) is 80.1 Å². The van der Waals surface area contributed by atoms with Gasteiger partial charge in [0.25, 0.3) is 5.56 Å². The van der Waals surface area contributed by atoms with Gasteiger partial charge in [-0.3, -0.25) is 9.36 Å². The van der Waals surface area contributed by atoms with E-state index in [0.29, 0.717) is 48.5 Å². The van der Waals surface area contributed by atoms with Crippen LogP contribution in [-0.2, 0) is 9.53 Å². The number of hydrogen-bond acceptors (Lipinski definition) is 7. The van der Waals surface area contributed by atoms with E-state index in [-0.39, 0.29) is 12.2 Å². The molecule has 3 heterocycles. The van der Waals surface area contributed by atoms with Gasteiger partial charge < -0.3 is 13.9 Å². The van der Waals surface area contributed by atoms with Gasteiger partial charge in [-0.25, -0.2) is 9.79 Å². The molecule has 7 nitrogen and oxygen atoms in total. The third kappa shape index (κ3) is 4.73. The number of aryl methyl sites for hydroxylation is 1. The highest BCUT2D eigenvalue weighted by Crippen LogP contribution is 2.32. The summed E-state index contributed by atoms with van der Waals surface area (Å²) in [6.45, 7) is 5.68. The molecule has 5 rings (SSSR count). The molecular formula is C29H25ClN2O5S. The van der Waals surface area contributed by atoms with Crippen LogP contribution >= 0.6 is 22.9 Å². The van der Waals surface area contributed by atoms with Crippen molar-refractivity contribution in [1.82, 2.24) is 4.57 Å². The lowest BCUT2D eigenvalue weighted by molar-refractivity contribution is -0.139. The molecule has 9 heteroatoms. The Balaban J connectivity index is 1.65. The Morgan fingerprint density at radius 2 is 2.00 bits per heavy atom. The van der Waals surface area contributed by atoms with Crippen LogP contribution in [0.3, 0.4) is 0 Å². The number of benzene rings is 2. The first kappa shape index (κ1) is 25.8. The van der Waals surface area contributed by atoms with Crippen LogP contribution < -0.4 is 19.6 Å². The second-order valence-electron chi connectivity index (χ2n) is 8.74. The molecule has 0 fully saturated rings. The van der Waals surface area contributed by atoms with Gasteiger partial charge in [-0.2, -0.15) is 0 Å². The summed E-state index contributed by atoms with van der Waals surface area (Å²) in [5.74, 6) is 1.27. The summed E-state index contributed by atoms with van der Waals surface area (Å²) >= 11 is 7.42. The molecule has 0 spiro atoms. The van der Waals surface area contributed by atoms with E-state index in [4.69, 9.17) is 25.5 Å². The highest BCUT2D eigenvalue weighted by atomic mass is 35.5. The zero-order valence-corrected chi connectivity index (χ0v) is 22.9. The molecular weight excluding hydrogens is 524 g/mol. The molecule has 0 saturated heterocycles. The van der Waals surface area contributed by atoms with Crippen molar-refractivity contribution in [3.8, 4) is 17.1 Å². The molecule has 0 saturated carbocycles. The number of carbonyl (C=O) groups excluding carboxylic acids is 1. The number of furan rings is 1. The Morgan fingerprint density at radius 1 is 1.18 bits per heavy atom. The van der Waals surface area contributed by atoms with Crippen LogP contribution in [0.1, 0.15) is 36.8 Å². The minimum absolute atomic E-state index is 0.206. The maximum absolute atomic E-state index is 13.8. The summed E-state index contributed by atoms with van der Waals surface area (Å²) in [6.07, 6.45) is 1.69. The number of methoxy groups -OCH3 is 1. The number of fused-ring (bicyclic) bond motifs is 1. The first-order valence-electron chi connectivity index (χ1n) is 12.0. The standard InChI is InChI=1S/C29H25ClN2O5S/c1-5-36-28(34)25-17(3)31-29-32(26(25)18-7-6-8-20(13-18)35-4)27(33)24(38-29)15-21-11-12-23(37-21)22-14-19(30)10-9-16(22)2/h6-15,26H,5H2,1-4H3/b24-15-/t26-/m0/s1. The minimum atomic E-state index is -0.719. The number of aromatic nitrogens is 1. The topological polar surface area (TPSA) is 83.0 Å². The number of rotatable bonds is 6. The first-order valence-corrected chi connectivity index (χ1v) is 13.2. The summed E-state index contributed by atoms with van der Waals surface area (Å²) < 4.78 is 18.8. The molecule has 1 aliphatic heterocycles. The van der Waals surface area contributed by atoms with Crippen molar-refractivity contribution < 1.29 is 18.7 Å². The SMILES string of the molecule is CCOC(=O)C1=C(C)N=c2s/c(=C\c3ccc(-c4cc(Cl)ccc4C)o3)c(=O)n2[C@H]1c1cccc(OC)c1. The minimum Gasteiger partial charge on any atom is -0.497 e. The molecule has 194 valence electrons. The lowest BCUT2D eigenvalue weighted by Crippen LogP contribution is -2.39. The zero-order chi connectivity index (χ0) is 27.0. The van der Waals surface area contributed by atoms with Gasteiger partial charge in [-0.15, -0.1) is 0 Å². The highest BCUT2D eigenvalue weighted by molar-refractivity contribution is 7.07. The largest absolute Gasteiger partial charge is 0.497 e. The molecule has 2 aromatic heterocycles. The van der Waals surface area contributed by atoms with E-state index in [1.165, 1.54) is 15.9 Å². The second kappa shape index (κ2) is 10.5. The van der Waals surface area contributed by atoms with E-state index in [1.54, 1.807) is 27.0 Å². The molecule has 2 aromatic carbocycles. The van der Waals surface area contributed by atoms with E-state index in [1.807, 2.05) is 61.5 Å². The van der Waals surface area contributed by atoms with Crippen LogP contribution in [-0.4, -0.2) is 24.3 Å². The molecule has 0 unspecified atom stereocenters. The van der Waals surface area contributed by atoms with E-state index in [0.717, 1.165) is 11.1 Å². The third-order valence-corrected chi connectivity index (χ3v) is 7.51. The normalized spacial score (nSPS) is 15.3. The Morgan fingerprint density at radius 3 is 2.76 bits per heavy atom. The summed E-state index contributed by atoms with van der Waals surface area (Å²) in [4.78, 5) is 31.9. The summed E-state index contributed by atoms with van der Waals surface area (Å²) in [5, 5.41) is 0.613. The lowest BCUT2D eigenvalue weighted by atomic mass is 9.95. The molecule has 38 heavy (non-hydrogen) atoms. The van der Waals surface area contributed by atoms with Crippen molar-refractivity contribution in [3.63, 3.8) is 0 Å². The molecule has 0 N–H and O–H groups in total. The van der Waals surface area contributed by atoms with Crippen LogP contribution in [0.5, 0.6) is 5.75 Å². The van der Waals surface area contributed by atoms with Crippen molar-refractivity contribution >= 4 is 35.0 Å². The summed E-state index contributed by atoms with van der Waals surface area (Å²) in [7, 11) is 1.57. The Labute approximate surface area is 227 Å². The molecule has 0 amide bonds. The first-order chi connectivity index (χ1) is 18.3.